The van der Waals surface area contributed by atoms with Gasteiger partial charge in [-0.15, -0.1) is 0 Å². The van der Waals surface area contributed by atoms with Crippen LogP contribution in [0.3, 0.4) is 0 Å². The number of nitro groups is 1. The van der Waals surface area contributed by atoms with Crippen molar-refractivity contribution in [1.29, 1.82) is 0 Å². The number of nitrogens with zero attached hydrogens (tertiary/aromatic N) is 3. The van der Waals surface area contributed by atoms with Crippen molar-refractivity contribution in [3.05, 3.63) is 33.0 Å². The molecule has 0 unspecified atom stereocenters. The van der Waals surface area contributed by atoms with Crippen molar-refractivity contribution in [3.63, 3.8) is 0 Å². The minimum atomic E-state index is -2.49. The average Bonchev–Trinajstić information content (AvgIpc) is 2.69. The molecule has 1 atom stereocenters. The van der Waals surface area contributed by atoms with Crippen molar-refractivity contribution in [2.45, 2.75) is 17.7 Å². The van der Waals surface area contributed by atoms with Gasteiger partial charge in [0.1, 0.15) is 0 Å². The molecule has 0 saturated heterocycles. The van der Waals surface area contributed by atoms with Gasteiger partial charge >= 0.3 is 121 Å². The van der Waals surface area contributed by atoms with Gasteiger partial charge in [-0.25, -0.2) is 0 Å². The first-order valence-corrected chi connectivity index (χ1v) is 10.8. The fraction of sp³-hybridized carbons (Fsp3) is 0.364. The zero-order chi connectivity index (χ0) is 15.8. The summed E-state index contributed by atoms with van der Waals surface area (Å²) in [7, 11) is 0. The monoisotopic (exact) mass is 362 g/mol. The molecule has 1 heterocycles. The van der Waals surface area contributed by atoms with Gasteiger partial charge in [-0.3, -0.25) is 0 Å². The van der Waals surface area contributed by atoms with Crippen LogP contribution in [-0.4, -0.2) is 47.0 Å². The quantitative estimate of drug-likeness (QED) is 0.364. The number of nitrogens with one attached hydrogen (secondary N) is 1. The van der Waals surface area contributed by atoms with E-state index in [4.69, 9.17) is 5.11 Å². The van der Waals surface area contributed by atoms with Gasteiger partial charge in [0.2, 0.25) is 0 Å². The summed E-state index contributed by atoms with van der Waals surface area (Å²) in [5.41, 5.74) is 0.309. The number of aliphatic carboxylic acids is 1. The van der Waals surface area contributed by atoms with E-state index in [1.807, 2.05) is 11.6 Å². The Balaban J connectivity index is 2.45. The Morgan fingerprint density at radius 1 is 1.43 bits per heavy atom. The van der Waals surface area contributed by atoms with Crippen LogP contribution >= 0.6 is 0 Å². The first-order chi connectivity index (χ1) is 9.71. The summed E-state index contributed by atoms with van der Waals surface area (Å²) >= 11 is -2.49. The van der Waals surface area contributed by atoms with E-state index in [9.17, 15) is 20.0 Å². The maximum absolute atomic E-state index is 11.0. The Morgan fingerprint density at radius 2 is 2.05 bits per heavy atom. The number of aliphatic hydroxyl groups is 1. The number of rotatable bonds is 5. The molecule has 21 heavy (non-hydrogen) atoms. The summed E-state index contributed by atoms with van der Waals surface area (Å²) in [6, 6.07) is 2.75. The molecule has 1 aromatic rings. The standard InChI is InChI=1S/C11H14N4O5Se/c1-21(2)13-9-6(12-5-8(16)11(17)18)3-4-7(15(19)20)10(9)14-21/h3-4,8,12,16H,5H2,1-2H3,(H,17,18)/t8-/m0/s1. The molecule has 1 aliphatic heterocycles. The number of carbonyl (C=O) groups is 1. The molecule has 114 valence electrons. The van der Waals surface area contributed by atoms with Crippen molar-refractivity contribution in [2.75, 3.05) is 11.9 Å². The number of hydrogen-bond acceptors (Lipinski definition) is 7. The second-order valence-corrected chi connectivity index (χ2v) is 10.6. The number of fused-ring (bicyclic) bond motifs is 1. The molecule has 0 amide bonds. The van der Waals surface area contributed by atoms with Crippen LogP contribution in [0.1, 0.15) is 0 Å². The molecule has 2 rings (SSSR count). The summed E-state index contributed by atoms with van der Waals surface area (Å²) in [6.07, 6.45) is -1.57. The molecule has 10 heteroatoms. The van der Waals surface area contributed by atoms with Crippen molar-refractivity contribution >= 4 is 30.6 Å². The molecule has 0 fully saturated rings. The molecule has 3 N–H and O–H groups in total. The van der Waals surface area contributed by atoms with Gasteiger partial charge in [-0.2, -0.15) is 0 Å². The predicted octanol–water partition coefficient (Wildman–Crippen LogP) is -0.593. The fourth-order valence-electron chi connectivity index (χ4n) is 1.80. The predicted molar refractivity (Wildman–Crippen MR) is 75.0 cm³/mol. The molecule has 0 spiro atoms. The summed E-state index contributed by atoms with van der Waals surface area (Å²) < 4.78 is 8.80. The van der Waals surface area contributed by atoms with E-state index in [2.05, 4.69) is 13.3 Å². The normalized spacial score (nSPS) is 17.9. The third-order valence-electron chi connectivity index (χ3n) is 2.73. The van der Waals surface area contributed by atoms with Crippen LogP contribution in [0, 0.1) is 10.1 Å². The van der Waals surface area contributed by atoms with E-state index < -0.39 is 30.3 Å². The number of hydrogen-bond donors (Lipinski definition) is 3. The zero-order valence-corrected chi connectivity index (χ0v) is 13.0. The number of non-ortho nitro benzene ring substituents is 1. The number of anilines is 1. The number of nitro benzene ring substituents is 1. The number of aliphatic hydroxyl groups excluding tert-OH is 1. The van der Waals surface area contributed by atoms with Crippen molar-refractivity contribution in [2.24, 2.45) is 8.02 Å². The summed E-state index contributed by atoms with van der Waals surface area (Å²) in [5.74, 6) is 2.37. The topological polar surface area (TPSA) is 137 Å². The van der Waals surface area contributed by atoms with Crippen LogP contribution in [0.25, 0.3) is 0 Å². The zero-order valence-electron chi connectivity index (χ0n) is 11.3. The molecule has 0 aromatic heterocycles. The molecule has 0 bridgehead atoms. The molecule has 9 nitrogen and oxygen atoms in total. The molecule has 0 saturated carbocycles. The van der Waals surface area contributed by atoms with Gasteiger partial charge in [0.15, 0.2) is 0 Å². The van der Waals surface area contributed by atoms with Gasteiger partial charge in [0, 0.05) is 0 Å². The summed E-state index contributed by atoms with van der Waals surface area (Å²) in [4.78, 5) is 21.1. The molecule has 0 aliphatic carbocycles. The van der Waals surface area contributed by atoms with E-state index >= 15 is 0 Å². The van der Waals surface area contributed by atoms with Crippen LogP contribution in [0.4, 0.5) is 11.4 Å². The third kappa shape index (κ3) is 3.18. The van der Waals surface area contributed by atoms with E-state index in [-0.39, 0.29) is 17.6 Å². The average molecular weight is 361 g/mol. The van der Waals surface area contributed by atoms with Crippen LogP contribution in [-0.2, 0) is 4.79 Å². The van der Waals surface area contributed by atoms with Crippen molar-refractivity contribution < 1.29 is 19.9 Å². The van der Waals surface area contributed by atoms with E-state index in [1.165, 1.54) is 12.1 Å². The minimum absolute atomic E-state index is 0.124. The Bertz CT molecular complexity index is 733. The van der Waals surface area contributed by atoms with Gasteiger partial charge in [-0.1, -0.05) is 0 Å². The van der Waals surface area contributed by atoms with E-state index in [1.54, 1.807) is 0 Å². The number of carboxylic acid groups (broad SMARTS) is 1. The summed E-state index contributed by atoms with van der Waals surface area (Å²) in [6.45, 7) is -0.223. The second kappa shape index (κ2) is 5.40. The molecule has 1 aromatic carbocycles. The van der Waals surface area contributed by atoms with Crippen LogP contribution in [0.2, 0.25) is 11.6 Å². The molecule has 0 radical (unpaired) electrons. The number of benzene rings is 1. The Labute approximate surface area is 121 Å². The van der Waals surface area contributed by atoms with Crippen LogP contribution in [0.15, 0.2) is 20.2 Å². The molecular formula is C11H14N4O5Se. The Hall–Kier alpha value is -2.03. The Kier molecular flexibility index (Phi) is 3.95. The van der Waals surface area contributed by atoms with Gasteiger partial charge in [-0.05, 0) is 0 Å². The van der Waals surface area contributed by atoms with E-state index in [0.29, 0.717) is 11.0 Å². The van der Waals surface area contributed by atoms with Crippen LogP contribution in [0.5, 0.6) is 0 Å². The van der Waals surface area contributed by atoms with E-state index in [0.717, 1.165) is 0 Å². The second-order valence-electron chi connectivity index (χ2n) is 4.72. The maximum atomic E-state index is 11.0. The summed E-state index contributed by atoms with van der Waals surface area (Å²) in [5, 5.41) is 32.3. The first kappa shape index (κ1) is 15.4. The molecular weight excluding hydrogens is 347 g/mol. The Morgan fingerprint density at radius 3 is 2.62 bits per heavy atom. The van der Waals surface area contributed by atoms with Crippen LogP contribution < -0.4 is 16.0 Å². The fourth-order valence-corrected chi connectivity index (χ4v) is 4.53. The van der Waals surface area contributed by atoms with Crippen molar-refractivity contribution in [1.82, 2.24) is 0 Å². The van der Waals surface area contributed by atoms with Gasteiger partial charge < -0.3 is 0 Å². The third-order valence-corrected chi connectivity index (χ3v) is 5.37. The first-order valence-electron chi connectivity index (χ1n) is 5.86. The molecule has 1 aliphatic rings. The SMILES string of the molecule is C[Se]1(C)N=c2c(NC[C@H](O)C(=O)O)ccc([N+](=O)[O-])c2=N1. The van der Waals surface area contributed by atoms with Gasteiger partial charge in [0.05, 0.1) is 0 Å². The number of carboxylic acids is 1. The van der Waals surface area contributed by atoms with Gasteiger partial charge in [0.25, 0.3) is 0 Å². The van der Waals surface area contributed by atoms with Crippen molar-refractivity contribution in [3.8, 4) is 0 Å².